The average molecular weight is 215 g/mol. The predicted octanol–water partition coefficient (Wildman–Crippen LogP) is 1.80. The van der Waals surface area contributed by atoms with Crippen LogP contribution in [0.4, 0.5) is 0 Å². The van der Waals surface area contributed by atoms with Crippen molar-refractivity contribution in [1.29, 1.82) is 0 Å². The molecule has 2 nitrogen and oxygen atoms in total. The van der Waals surface area contributed by atoms with Crippen LogP contribution >= 0.6 is 23.1 Å². The largest absolute Gasteiger partial charge is 0.392 e. The van der Waals surface area contributed by atoms with E-state index in [0.717, 1.165) is 12.2 Å². The van der Waals surface area contributed by atoms with Crippen molar-refractivity contribution in [2.75, 3.05) is 11.5 Å². The topological polar surface area (TPSA) is 33.1 Å². The van der Waals surface area contributed by atoms with E-state index in [1.165, 1.54) is 17.1 Å². The third-order valence-electron chi connectivity index (χ3n) is 2.40. The highest BCUT2D eigenvalue weighted by Crippen LogP contribution is 2.28. The van der Waals surface area contributed by atoms with Crippen molar-refractivity contribution in [3.63, 3.8) is 0 Å². The molecule has 1 aliphatic heterocycles. The molecule has 2 rings (SSSR count). The number of aliphatic hydroxyl groups is 1. The molecule has 0 bridgehead atoms. The second kappa shape index (κ2) is 4.44. The number of hydrogen-bond acceptors (Lipinski definition) is 4. The number of hydrogen-bond donors (Lipinski definition) is 1. The molecule has 72 valence electrons. The smallest absolute Gasteiger partial charge is 0.0794 e. The second-order valence-corrected chi connectivity index (χ2v) is 5.48. The molecule has 1 aromatic heterocycles. The minimum Gasteiger partial charge on any atom is -0.392 e. The van der Waals surface area contributed by atoms with Gasteiger partial charge in [0.25, 0.3) is 0 Å². The molecule has 0 spiro atoms. The molecule has 1 saturated heterocycles. The van der Waals surface area contributed by atoms with Crippen LogP contribution < -0.4 is 0 Å². The summed E-state index contributed by atoms with van der Waals surface area (Å²) in [6.07, 6.45) is 3.66. The predicted molar refractivity (Wildman–Crippen MR) is 57.3 cm³/mol. The van der Waals surface area contributed by atoms with Gasteiger partial charge in [-0.2, -0.15) is 11.8 Å². The molecule has 0 saturated carbocycles. The molecule has 0 amide bonds. The maximum Gasteiger partial charge on any atom is 0.0794 e. The molecule has 13 heavy (non-hydrogen) atoms. The summed E-state index contributed by atoms with van der Waals surface area (Å²) >= 11 is 3.58. The lowest BCUT2D eigenvalue weighted by atomic mass is 9.99. The summed E-state index contributed by atoms with van der Waals surface area (Å²) in [7, 11) is 0. The van der Waals surface area contributed by atoms with Gasteiger partial charge in [-0.25, -0.2) is 0 Å². The maximum atomic E-state index is 9.89. The van der Waals surface area contributed by atoms with Gasteiger partial charge in [-0.1, -0.05) is 0 Å². The Balaban J connectivity index is 1.87. The molecule has 1 aromatic rings. The van der Waals surface area contributed by atoms with Crippen molar-refractivity contribution in [1.82, 2.24) is 4.98 Å². The Morgan fingerprint density at radius 2 is 2.62 bits per heavy atom. The Hall–Kier alpha value is -0.0600. The molecule has 0 aromatic carbocycles. The first-order valence-electron chi connectivity index (χ1n) is 4.49. The van der Waals surface area contributed by atoms with Crippen molar-refractivity contribution >= 4 is 23.1 Å². The van der Waals surface area contributed by atoms with Gasteiger partial charge in [0.2, 0.25) is 0 Å². The Morgan fingerprint density at radius 1 is 1.69 bits per heavy atom. The average Bonchev–Trinajstić information content (AvgIpc) is 2.74. The zero-order chi connectivity index (χ0) is 9.10. The number of aromatic nitrogens is 1. The van der Waals surface area contributed by atoms with Crippen LogP contribution in [0.5, 0.6) is 0 Å². The van der Waals surface area contributed by atoms with Crippen molar-refractivity contribution in [3.8, 4) is 0 Å². The van der Waals surface area contributed by atoms with E-state index in [2.05, 4.69) is 4.98 Å². The van der Waals surface area contributed by atoms with Gasteiger partial charge in [0, 0.05) is 17.5 Å². The van der Waals surface area contributed by atoms with Gasteiger partial charge in [0.05, 0.1) is 11.6 Å². The highest BCUT2D eigenvalue weighted by molar-refractivity contribution is 7.99. The monoisotopic (exact) mass is 215 g/mol. The van der Waals surface area contributed by atoms with E-state index in [1.807, 2.05) is 23.5 Å². The van der Waals surface area contributed by atoms with Crippen molar-refractivity contribution in [2.45, 2.75) is 18.9 Å². The van der Waals surface area contributed by atoms with Crippen LogP contribution in [-0.2, 0) is 6.42 Å². The number of rotatable bonds is 3. The summed E-state index contributed by atoms with van der Waals surface area (Å²) in [4.78, 5) is 5.20. The normalized spacial score (nSPS) is 24.8. The Labute approximate surface area is 86.4 Å². The molecule has 0 aliphatic carbocycles. The number of thioether (sulfide) groups is 1. The summed E-state index contributed by atoms with van der Waals surface area (Å²) in [5, 5.41) is 9.89. The molecule has 2 atom stereocenters. The Bertz CT molecular complexity index is 244. The van der Waals surface area contributed by atoms with E-state index in [-0.39, 0.29) is 6.10 Å². The van der Waals surface area contributed by atoms with Gasteiger partial charge in [-0.15, -0.1) is 11.3 Å². The summed E-state index contributed by atoms with van der Waals surface area (Å²) in [5.41, 5.74) is 1.82. The minimum absolute atomic E-state index is 0.157. The fourth-order valence-electron chi connectivity index (χ4n) is 1.57. The molecular formula is C9H13NOS2. The standard InChI is InChI=1S/C9H13NOS2/c11-9(7-1-2-12-5-7)3-8-4-10-6-13-8/h4,6-7,9,11H,1-3,5H2. The van der Waals surface area contributed by atoms with Crippen molar-refractivity contribution in [2.24, 2.45) is 5.92 Å². The lowest BCUT2D eigenvalue weighted by molar-refractivity contribution is 0.121. The lowest BCUT2D eigenvalue weighted by Crippen LogP contribution is -2.21. The maximum absolute atomic E-state index is 9.89. The third kappa shape index (κ3) is 2.45. The third-order valence-corrected chi connectivity index (χ3v) is 4.39. The van der Waals surface area contributed by atoms with Crippen molar-refractivity contribution < 1.29 is 5.11 Å². The zero-order valence-corrected chi connectivity index (χ0v) is 8.98. The quantitative estimate of drug-likeness (QED) is 0.834. The second-order valence-electron chi connectivity index (χ2n) is 3.36. The van der Waals surface area contributed by atoms with Crippen LogP contribution in [0, 0.1) is 5.92 Å². The van der Waals surface area contributed by atoms with Gasteiger partial charge in [0.1, 0.15) is 0 Å². The number of aliphatic hydroxyl groups excluding tert-OH is 1. The van der Waals surface area contributed by atoms with Crippen LogP contribution in [-0.4, -0.2) is 27.7 Å². The fourth-order valence-corrected chi connectivity index (χ4v) is 3.55. The molecule has 0 radical (unpaired) electrons. The van der Waals surface area contributed by atoms with Gasteiger partial charge in [0.15, 0.2) is 0 Å². The Kier molecular flexibility index (Phi) is 3.24. The van der Waals surface area contributed by atoms with E-state index in [4.69, 9.17) is 0 Å². The highest BCUT2D eigenvalue weighted by Gasteiger charge is 2.23. The zero-order valence-electron chi connectivity index (χ0n) is 7.35. The van der Waals surface area contributed by atoms with Gasteiger partial charge < -0.3 is 5.11 Å². The summed E-state index contributed by atoms with van der Waals surface area (Å²) < 4.78 is 0. The SMILES string of the molecule is OC(Cc1cncs1)C1CCSC1. The van der Waals surface area contributed by atoms with E-state index < -0.39 is 0 Å². The van der Waals surface area contributed by atoms with Crippen LogP contribution in [0.25, 0.3) is 0 Å². The molecule has 1 N–H and O–H groups in total. The van der Waals surface area contributed by atoms with Gasteiger partial charge in [-0.05, 0) is 23.8 Å². The minimum atomic E-state index is -0.157. The highest BCUT2D eigenvalue weighted by atomic mass is 32.2. The van der Waals surface area contributed by atoms with E-state index >= 15 is 0 Å². The van der Waals surface area contributed by atoms with Gasteiger partial charge in [-0.3, -0.25) is 4.98 Å². The van der Waals surface area contributed by atoms with Crippen LogP contribution in [0.2, 0.25) is 0 Å². The van der Waals surface area contributed by atoms with Crippen molar-refractivity contribution in [3.05, 3.63) is 16.6 Å². The van der Waals surface area contributed by atoms with E-state index in [0.29, 0.717) is 5.92 Å². The van der Waals surface area contributed by atoms with Crippen LogP contribution in [0.15, 0.2) is 11.7 Å². The molecule has 2 unspecified atom stereocenters. The fraction of sp³-hybridized carbons (Fsp3) is 0.667. The van der Waals surface area contributed by atoms with Crippen LogP contribution in [0.3, 0.4) is 0 Å². The van der Waals surface area contributed by atoms with Gasteiger partial charge >= 0.3 is 0 Å². The summed E-state index contributed by atoms with van der Waals surface area (Å²) in [6.45, 7) is 0. The first kappa shape index (κ1) is 9.49. The summed E-state index contributed by atoms with van der Waals surface area (Å²) in [6, 6.07) is 0. The lowest BCUT2D eigenvalue weighted by Gasteiger charge is -2.15. The first-order valence-corrected chi connectivity index (χ1v) is 6.53. The Morgan fingerprint density at radius 3 is 3.23 bits per heavy atom. The molecule has 4 heteroatoms. The number of thiazole rings is 1. The van der Waals surface area contributed by atoms with E-state index in [1.54, 1.807) is 11.3 Å². The molecule has 2 heterocycles. The molecule has 1 aliphatic rings. The first-order chi connectivity index (χ1) is 6.36. The number of nitrogens with zero attached hydrogens (tertiary/aromatic N) is 1. The molecule has 1 fully saturated rings. The van der Waals surface area contributed by atoms with Crippen LogP contribution in [0.1, 0.15) is 11.3 Å². The summed E-state index contributed by atoms with van der Waals surface area (Å²) in [5.74, 6) is 2.84. The van der Waals surface area contributed by atoms with E-state index in [9.17, 15) is 5.11 Å². The molecular weight excluding hydrogens is 202 g/mol.